The third kappa shape index (κ3) is 8.14. The summed E-state index contributed by atoms with van der Waals surface area (Å²) in [6.07, 6.45) is 1.34. The molecule has 0 aliphatic carbocycles. The van der Waals surface area contributed by atoms with Gasteiger partial charge in [0.05, 0.1) is 6.42 Å². The maximum atomic E-state index is 11.3. The van der Waals surface area contributed by atoms with Crippen LogP contribution in [0.5, 0.6) is 0 Å². The number of carbonyl (C=O) groups is 3. The lowest BCUT2D eigenvalue weighted by molar-refractivity contribution is -0.145. The van der Waals surface area contributed by atoms with Crippen LogP contribution < -0.4 is 10.6 Å². The number of nitrogens with one attached hydrogen (secondary N) is 2. The predicted octanol–water partition coefficient (Wildman–Crippen LogP) is -0.629. The Bertz CT molecular complexity index is 373. The number of carboxylic acid groups (broad SMARTS) is 2. The van der Waals surface area contributed by atoms with Crippen molar-refractivity contribution in [1.82, 2.24) is 10.6 Å². The molecule has 0 saturated heterocycles. The maximum Gasteiger partial charge on any atom is 0.326 e. The molecule has 0 aliphatic rings. The Hall–Kier alpha value is -1.64. The van der Waals surface area contributed by atoms with Crippen molar-refractivity contribution < 1.29 is 28.8 Å². The largest absolute Gasteiger partial charge is 0.481 e. The highest BCUT2D eigenvalue weighted by Gasteiger charge is 2.22. The minimum atomic E-state index is -1.48. The third-order valence-electron chi connectivity index (χ3n) is 2.39. The monoisotopic (exact) mass is 294 g/mol. The first-order chi connectivity index (χ1) is 8.73. The number of carbonyl (C=O) groups excluding carboxylic acids is 1. The molecule has 0 spiro atoms. The van der Waals surface area contributed by atoms with Gasteiger partial charge in [-0.1, -0.05) is 6.92 Å². The van der Waals surface area contributed by atoms with Gasteiger partial charge in [-0.05, 0) is 6.42 Å². The summed E-state index contributed by atoms with van der Waals surface area (Å²) in [7, 11) is -0.994. The van der Waals surface area contributed by atoms with E-state index in [1.807, 2.05) is 5.32 Å². The topological polar surface area (TPSA) is 133 Å². The summed E-state index contributed by atoms with van der Waals surface area (Å²) < 4.78 is 11.0. The van der Waals surface area contributed by atoms with Gasteiger partial charge < -0.3 is 20.8 Å². The zero-order valence-corrected chi connectivity index (χ0v) is 11.5. The van der Waals surface area contributed by atoms with Crippen LogP contribution in [0.4, 0.5) is 4.79 Å². The molecule has 4 N–H and O–H groups in total. The fraction of sp³-hybridized carbons (Fsp3) is 0.700. The van der Waals surface area contributed by atoms with Gasteiger partial charge in [-0.2, -0.15) is 0 Å². The Balaban J connectivity index is 4.10. The van der Waals surface area contributed by atoms with Gasteiger partial charge >= 0.3 is 18.0 Å². The van der Waals surface area contributed by atoms with Crippen molar-refractivity contribution in [2.75, 3.05) is 12.8 Å². The molecule has 3 atom stereocenters. The third-order valence-corrected chi connectivity index (χ3v) is 3.75. The minimum absolute atomic E-state index is 0.0883. The number of carboxylic acids is 2. The number of urea groups is 1. The normalized spacial score (nSPS) is 15.1. The second-order valence-corrected chi connectivity index (χ2v) is 5.79. The average molecular weight is 294 g/mol. The van der Waals surface area contributed by atoms with E-state index in [0.29, 0.717) is 6.42 Å². The molecule has 0 aromatic carbocycles. The van der Waals surface area contributed by atoms with Crippen molar-refractivity contribution in [3.63, 3.8) is 0 Å². The fourth-order valence-corrected chi connectivity index (χ4v) is 1.59. The Morgan fingerprint density at radius 1 is 1.26 bits per heavy atom. The smallest absolute Gasteiger partial charge is 0.326 e. The van der Waals surface area contributed by atoms with E-state index < -0.39 is 41.2 Å². The summed E-state index contributed by atoms with van der Waals surface area (Å²) in [4.78, 5) is 32.4. The Labute approximate surface area is 113 Å². The van der Waals surface area contributed by atoms with Gasteiger partial charge in [0, 0.05) is 28.9 Å². The second kappa shape index (κ2) is 8.46. The van der Waals surface area contributed by atoms with Crippen molar-refractivity contribution in [1.29, 1.82) is 0 Å². The van der Waals surface area contributed by atoms with E-state index in [4.69, 9.17) is 10.2 Å². The molecule has 0 aromatic heterocycles. The number of hydrogen-bond donors (Lipinski definition) is 4. The molecule has 2 amide bonds. The van der Waals surface area contributed by atoms with Gasteiger partial charge in [-0.3, -0.25) is 9.00 Å². The molecular formula is C10H18N2O6S. The highest BCUT2D eigenvalue weighted by Crippen LogP contribution is 1.97. The standard InChI is InChI=1S/C10H18N2O6S/c1-6(19(2)18)3-4-11-10(17)12-7(9(15)16)5-8(13)14/h6-7H,3-5H2,1-2H3,(H,13,14)(H,15,16)(H2,11,12,17). The summed E-state index contributed by atoms with van der Waals surface area (Å²) in [5.74, 6) is -2.73. The number of rotatable bonds is 8. The van der Waals surface area contributed by atoms with Crippen LogP contribution in [-0.4, -0.2) is 56.5 Å². The molecule has 9 heteroatoms. The Morgan fingerprint density at radius 2 is 1.84 bits per heavy atom. The zero-order chi connectivity index (χ0) is 15.0. The van der Waals surface area contributed by atoms with Crippen LogP contribution in [0.3, 0.4) is 0 Å². The van der Waals surface area contributed by atoms with Crippen molar-refractivity contribution in [3.8, 4) is 0 Å². The Morgan fingerprint density at radius 3 is 2.26 bits per heavy atom. The molecule has 8 nitrogen and oxygen atoms in total. The van der Waals surface area contributed by atoms with Gasteiger partial charge in [0.1, 0.15) is 6.04 Å². The summed E-state index contributed by atoms with van der Waals surface area (Å²) in [5.41, 5.74) is 0. The second-order valence-electron chi connectivity index (χ2n) is 3.99. The average Bonchev–Trinajstić information content (AvgIpc) is 2.26. The van der Waals surface area contributed by atoms with E-state index in [9.17, 15) is 18.6 Å². The lowest BCUT2D eigenvalue weighted by atomic mass is 10.2. The quantitative estimate of drug-likeness (QED) is 0.471. The molecule has 0 saturated carbocycles. The lowest BCUT2D eigenvalue weighted by Crippen LogP contribution is -2.47. The van der Waals surface area contributed by atoms with Gasteiger partial charge in [0.15, 0.2) is 0 Å². The number of aliphatic carboxylic acids is 2. The molecular weight excluding hydrogens is 276 g/mol. The maximum absolute atomic E-state index is 11.3. The summed E-state index contributed by atoms with van der Waals surface area (Å²) in [5, 5.41) is 21.5. The van der Waals surface area contributed by atoms with Crippen LogP contribution >= 0.6 is 0 Å². The first-order valence-electron chi connectivity index (χ1n) is 5.55. The molecule has 0 rings (SSSR count). The van der Waals surface area contributed by atoms with Gasteiger partial charge in [0.25, 0.3) is 0 Å². The van der Waals surface area contributed by atoms with Crippen molar-refractivity contribution >= 4 is 28.8 Å². The molecule has 0 heterocycles. The van der Waals surface area contributed by atoms with E-state index in [1.165, 1.54) is 0 Å². The van der Waals surface area contributed by atoms with Crippen molar-refractivity contribution in [3.05, 3.63) is 0 Å². The SMILES string of the molecule is CC(CCNC(=O)NC(CC(=O)O)C(=O)O)S(C)=O. The van der Waals surface area contributed by atoms with Crippen LogP contribution in [0, 0.1) is 0 Å². The molecule has 110 valence electrons. The highest BCUT2D eigenvalue weighted by atomic mass is 32.2. The summed E-state index contributed by atoms with van der Waals surface area (Å²) >= 11 is 0. The van der Waals surface area contributed by atoms with E-state index in [0.717, 1.165) is 0 Å². The van der Waals surface area contributed by atoms with Crippen LogP contribution in [-0.2, 0) is 20.4 Å². The van der Waals surface area contributed by atoms with Crippen molar-refractivity contribution in [2.24, 2.45) is 0 Å². The van der Waals surface area contributed by atoms with Gasteiger partial charge in [-0.15, -0.1) is 0 Å². The highest BCUT2D eigenvalue weighted by molar-refractivity contribution is 7.84. The van der Waals surface area contributed by atoms with E-state index in [-0.39, 0.29) is 11.8 Å². The van der Waals surface area contributed by atoms with Gasteiger partial charge in [0.2, 0.25) is 0 Å². The predicted molar refractivity (Wildman–Crippen MR) is 68.4 cm³/mol. The molecule has 0 aromatic rings. The number of amides is 2. The summed E-state index contributed by atoms with van der Waals surface area (Å²) in [6.45, 7) is 1.99. The lowest BCUT2D eigenvalue weighted by Gasteiger charge is -2.14. The van der Waals surface area contributed by atoms with Gasteiger partial charge in [-0.25, -0.2) is 9.59 Å². The first kappa shape index (κ1) is 17.4. The first-order valence-corrected chi connectivity index (χ1v) is 7.17. The molecule has 0 fully saturated rings. The molecule has 0 radical (unpaired) electrons. The Kier molecular flexibility index (Phi) is 7.73. The van der Waals surface area contributed by atoms with Crippen LogP contribution in [0.25, 0.3) is 0 Å². The van der Waals surface area contributed by atoms with Crippen LogP contribution in [0.2, 0.25) is 0 Å². The number of hydrogen-bond acceptors (Lipinski definition) is 4. The summed E-state index contributed by atoms with van der Waals surface area (Å²) in [6, 6.07) is -2.24. The van der Waals surface area contributed by atoms with E-state index >= 15 is 0 Å². The molecule has 3 unspecified atom stereocenters. The molecule has 19 heavy (non-hydrogen) atoms. The minimum Gasteiger partial charge on any atom is -0.481 e. The van der Waals surface area contributed by atoms with E-state index in [2.05, 4.69) is 5.32 Å². The van der Waals surface area contributed by atoms with Crippen LogP contribution in [0.1, 0.15) is 19.8 Å². The van der Waals surface area contributed by atoms with Crippen LogP contribution in [0.15, 0.2) is 0 Å². The van der Waals surface area contributed by atoms with E-state index in [1.54, 1.807) is 13.2 Å². The molecule has 0 aliphatic heterocycles. The zero-order valence-electron chi connectivity index (χ0n) is 10.7. The fourth-order valence-electron chi connectivity index (χ4n) is 1.14. The van der Waals surface area contributed by atoms with Crippen molar-refractivity contribution in [2.45, 2.75) is 31.1 Å². The molecule has 0 bridgehead atoms.